The molecule has 4 aromatic heterocycles. The zero-order valence-electron chi connectivity index (χ0n) is 24.9. The number of aliphatic hydroxyl groups excluding tert-OH is 1. The first-order valence-electron chi connectivity index (χ1n) is 15.1. The van der Waals surface area contributed by atoms with Crippen LogP contribution in [0.3, 0.4) is 0 Å². The smallest absolute Gasteiger partial charge is 0.311 e. The molecule has 0 spiro atoms. The summed E-state index contributed by atoms with van der Waals surface area (Å²) in [6, 6.07) is 9.17. The molecule has 8 rings (SSSR count). The molecule has 3 aliphatic rings. The standard InChI is InChI=1S/C32H33FN6O5S/c1-3-44-32(41)27-20-6-8-21(9-7-20)28(27)35-30-26-12-19(17-40)15-38(26)37-29(36-30)25-16-39(31-24(25)13-22(33)14-34-31)45(42,43)23-10-4-18(2)5-11-23/h4-5,10-16,20-21,27-28,40H,3,6-9,17H2,1-2H3,(H,35,36,37)/t20?,21?,27-,28-/m0/s1. The molecular formula is C32H33FN6O5S. The maximum Gasteiger partial charge on any atom is 0.311 e. The van der Waals surface area contributed by atoms with Gasteiger partial charge >= 0.3 is 5.97 Å². The summed E-state index contributed by atoms with van der Waals surface area (Å²) in [5.41, 5.74) is 2.35. The van der Waals surface area contributed by atoms with Gasteiger partial charge in [0.25, 0.3) is 10.0 Å². The van der Waals surface area contributed by atoms with Crippen LogP contribution in [0, 0.1) is 30.5 Å². The van der Waals surface area contributed by atoms with Gasteiger partial charge in [-0.3, -0.25) is 4.79 Å². The fourth-order valence-electron chi connectivity index (χ4n) is 6.99. The van der Waals surface area contributed by atoms with Crippen LogP contribution in [0.1, 0.15) is 43.7 Å². The van der Waals surface area contributed by atoms with E-state index in [0.29, 0.717) is 23.5 Å². The predicted molar refractivity (Wildman–Crippen MR) is 164 cm³/mol. The number of fused-ring (bicyclic) bond motifs is 5. The van der Waals surface area contributed by atoms with Crippen LogP contribution in [0.15, 0.2) is 59.9 Å². The second kappa shape index (κ2) is 11.2. The van der Waals surface area contributed by atoms with E-state index in [1.165, 1.54) is 24.4 Å². The van der Waals surface area contributed by atoms with Gasteiger partial charge in [-0.2, -0.15) is 0 Å². The molecule has 0 aliphatic heterocycles. The number of ether oxygens (including phenoxy) is 1. The molecule has 0 amide bonds. The van der Waals surface area contributed by atoms with Gasteiger partial charge in [-0.15, -0.1) is 5.10 Å². The minimum absolute atomic E-state index is 0.0284. The summed E-state index contributed by atoms with van der Waals surface area (Å²) in [6.07, 6.45) is 7.86. The van der Waals surface area contributed by atoms with Crippen LogP contribution in [-0.2, 0) is 26.2 Å². The fraction of sp³-hybridized carbons (Fsp3) is 0.375. The number of halogens is 1. The number of rotatable bonds is 8. The molecule has 2 bridgehead atoms. The first-order valence-corrected chi connectivity index (χ1v) is 16.5. The van der Waals surface area contributed by atoms with E-state index in [1.807, 2.05) is 6.92 Å². The largest absolute Gasteiger partial charge is 0.466 e. The third-order valence-corrected chi connectivity index (χ3v) is 10.8. The lowest BCUT2D eigenvalue weighted by atomic mass is 9.61. The molecule has 2 N–H and O–H groups in total. The molecule has 0 radical (unpaired) electrons. The molecule has 3 saturated carbocycles. The Hall–Kier alpha value is -4.36. The Morgan fingerprint density at radius 3 is 2.56 bits per heavy atom. The lowest BCUT2D eigenvalue weighted by Crippen LogP contribution is -2.52. The summed E-state index contributed by atoms with van der Waals surface area (Å²) in [7, 11) is -4.12. The van der Waals surface area contributed by atoms with Crippen molar-refractivity contribution < 1.29 is 27.4 Å². The van der Waals surface area contributed by atoms with Gasteiger partial charge in [0.2, 0.25) is 0 Å². The predicted octanol–water partition coefficient (Wildman–Crippen LogP) is 4.70. The number of carbonyl (C=O) groups excluding carboxylic acids is 1. The number of anilines is 1. The molecule has 3 aliphatic carbocycles. The molecule has 1 aromatic carbocycles. The number of benzene rings is 1. The van der Waals surface area contributed by atoms with Crippen molar-refractivity contribution in [1.82, 2.24) is 23.6 Å². The van der Waals surface area contributed by atoms with Crippen molar-refractivity contribution in [3.05, 3.63) is 71.9 Å². The minimum atomic E-state index is -4.12. The SMILES string of the molecule is CCOC(=O)[C@H]1C2CCC(CC2)[C@@H]1Nc1nc(-c2cn(S(=O)(=O)c3ccc(C)cc3)c3ncc(F)cc23)nn2cc(CO)cc12. The summed E-state index contributed by atoms with van der Waals surface area (Å²) in [5.74, 6) is -0.257. The van der Waals surface area contributed by atoms with Gasteiger partial charge in [-0.05, 0) is 81.2 Å². The number of hydrogen-bond donors (Lipinski definition) is 2. The Bertz CT molecular complexity index is 2030. The number of carbonyl (C=O) groups is 1. The van der Waals surface area contributed by atoms with E-state index < -0.39 is 15.8 Å². The van der Waals surface area contributed by atoms with E-state index in [-0.39, 0.29) is 63.7 Å². The van der Waals surface area contributed by atoms with E-state index in [1.54, 1.807) is 35.8 Å². The summed E-state index contributed by atoms with van der Waals surface area (Å²) in [4.78, 5) is 22.2. The molecule has 11 nitrogen and oxygen atoms in total. The topological polar surface area (TPSA) is 141 Å². The zero-order valence-corrected chi connectivity index (χ0v) is 25.7. The van der Waals surface area contributed by atoms with Gasteiger partial charge < -0.3 is 15.2 Å². The Kier molecular flexibility index (Phi) is 7.32. The summed E-state index contributed by atoms with van der Waals surface area (Å²) >= 11 is 0. The monoisotopic (exact) mass is 632 g/mol. The van der Waals surface area contributed by atoms with Crippen molar-refractivity contribution in [2.24, 2.45) is 17.8 Å². The van der Waals surface area contributed by atoms with Crippen molar-refractivity contribution in [2.45, 2.75) is 57.1 Å². The molecule has 3 fully saturated rings. The molecule has 0 unspecified atom stereocenters. The van der Waals surface area contributed by atoms with Crippen molar-refractivity contribution >= 4 is 38.4 Å². The molecule has 45 heavy (non-hydrogen) atoms. The number of nitrogens with zero attached hydrogens (tertiary/aromatic N) is 5. The summed E-state index contributed by atoms with van der Waals surface area (Å²) in [5, 5.41) is 18.4. The molecule has 234 valence electrons. The molecule has 5 aromatic rings. The highest BCUT2D eigenvalue weighted by Gasteiger charge is 2.48. The van der Waals surface area contributed by atoms with Crippen LogP contribution in [0.25, 0.3) is 27.9 Å². The van der Waals surface area contributed by atoms with Crippen LogP contribution >= 0.6 is 0 Å². The van der Waals surface area contributed by atoms with Gasteiger partial charge in [0.05, 0.1) is 30.2 Å². The molecule has 13 heteroatoms. The van der Waals surface area contributed by atoms with Crippen molar-refractivity contribution in [3.8, 4) is 11.4 Å². The van der Waals surface area contributed by atoms with E-state index in [4.69, 9.17) is 9.72 Å². The van der Waals surface area contributed by atoms with Crippen molar-refractivity contribution in [3.63, 3.8) is 0 Å². The van der Waals surface area contributed by atoms with Crippen molar-refractivity contribution in [2.75, 3.05) is 11.9 Å². The quantitative estimate of drug-likeness (QED) is 0.233. The minimum Gasteiger partial charge on any atom is -0.466 e. The number of esters is 1. The number of pyridine rings is 1. The van der Waals surface area contributed by atoms with Crippen LogP contribution in [0.5, 0.6) is 0 Å². The zero-order chi connectivity index (χ0) is 31.5. The highest BCUT2D eigenvalue weighted by Crippen LogP contribution is 2.47. The van der Waals surface area contributed by atoms with Crippen molar-refractivity contribution in [1.29, 1.82) is 0 Å². The lowest BCUT2D eigenvalue weighted by Gasteiger charge is -2.47. The fourth-order valence-corrected chi connectivity index (χ4v) is 8.32. The molecule has 4 heterocycles. The van der Waals surface area contributed by atoms with Gasteiger partial charge in [0.15, 0.2) is 17.3 Å². The van der Waals surface area contributed by atoms with E-state index in [2.05, 4.69) is 15.4 Å². The highest BCUT2D eigenvalue weighted by atomic mass is 32.2. The van der Waals surface area contributed by atoms with E-state index in [0.717, 1.165) is 41.4 Å². The van der Waals surface area contributed by atoms with Gasteiger partial charge in [0.1, 0.15) is 11.3 Å². The maximum atomic E-state index is 14.6. The number of nitrogens with one attached hydrogen (secondary N) is 1. The third kappa shape index (κ3) is 5.03. The summed E-state index contributed by atoms with van der Waals surface area (Å²) < 4.78 is 50.3. The average Bonchev–Trinajstić information content (AvgIpc) is 3.64. The molecule has 2 atom stereocenters. The van der Waals surface area contributed by atoms with E-state index >= 15 is 0 Å². The Morgan fingerprint density at radius 1 is 1.11 bits per heavy atom. The van der Waals surface area contributed by atoms with Crippen LogP contribution in [-0.4, -0.2) is 55.7 Å². The number of hydrogen-bond acceptors (Lipinski definition) is 9. The van der Waals surface area contributed by atoms with Crippen LogP contribution in [0.2, 0.25) is 0 Å². The average molecular weight is 633 g/mol. The number of aryl methyl sites for hydroxylation is 1. The lowest BCUT2D eigenvalue weighted by molar-refractivity contribution is -0.154. The summed E-state index contributed by atoms with van der Waals surface area (Å²) in [6.45, 7) is 3.71. The Labute approximate surface area is 259 Å². The third-order valence-electron chi connectivity index (χ3n) is 9.18. The number of aliphatic hydroxyl groups is 1. The molecular weight excluding hydrogens is 599 g/mol. The van der Waals surface area contributed by atoms with Crippen LogP contribution in [0.4, 0.5) is 10.2 Å². The highest BCUT2D eigenvalue weighted by molar-refractivity contribution is 7.90. The Morgan fingerprint density at radius 2 is 1.84 bits per heavy atom. The second-order valence-corrected chi connectivity index (χ2v) is 13.7. The van der Waals surface area contributed by atoms with Gasteiger partial charge in [-0.25, -0.2) is 31.3 Å². The second-order valence-electron chi connectivity index (χ2n) is 11.9. The maximum absolute atomic E-state index is 14.6. The Balaban J connectivity index is 1.39. The van der Waals surface area contributed by atoms with Crippen LogP contribution < -0.4 is 5.32 Å². The van der Waals surface area contributed by atoms with E-state index in [9.17, 15) is 22.7 Å². The first-order chi connectivity index (χ1) is 21.7. The van der Waals surface area contributed by atoms with Gasteiger partial charge in [0, 0.05) is 29.4 Å². The molecule has 0 saturated heterocycles. The number of aromatic nitrogens is 5. The van der Waals surface area contributed by atoms with Gasteiger partial charge in [-0.1, -0.05) is 17.7 Å². The normalized spacial score (nSPS) is 21.4. The first kappa shape index (κ1) is 29.4.